The Morgan fingerprint density at radius 2 is 2.35 bits per heavy atom. The molecule has 3 heterocycles. The number of benzene rings is 1. The fourth-order valence-electron chi connectivity index (χ4n) is 2.49. The van der Waals surface area contributed by atoms with Crippen LogP contribution in [0.3, 0.4) is 0 Å². The van der Waals surface area contributed by atoms with Crippen LogP contribution in [0, 0.1) is 0 Å². The molecule has 0 aromatic heterocycles. The molecule has 0 bridgehead atoms. The van der Waals surface area contributed by atoms with Crippen molar-refractivity contribution in [1.82, 2.24) is 4.90 Å². The van der Waals surface area contributed by atoms with Crippen LogP contribution >= 0.6 is 23.4 Å². The van der Waals surface area contributed by atoms with E-state index in [1.807, 2.05) is 11.5 Å². The van der Waals surface area contributed by atoms with Crippen molar-refractivity contribution >= 4 is 45.8 Å². The van der Waals surface area contributed by atoms with Gasteiger partial charge in [-0.15, -0.1) is 0 Å². The van der Waals surface area contributed by atoms with Crippen LogP contribution < -0.4 is 10.1 Å². The summed E-state index contributed by atoms with van der Waals surface area (Å²) in [6.07, 6.45) is 0. The van der Waals surface area contributed by atoms with E-state index in [4.69, 9.17) is 16.3 Å². The summed E-state index contributed by atoms with van der Waals surface area (Å²) in [5, 5.41) is 6.42. The van der Waals surface area contributed by atoms with Crippen LogP contribution in [-0.2, 0) is 4.79 Å². The second-order valence-corrected chi connectivity index (χ2v) is 5.88. The number of nitrogens with zero attached hydrogens (tertiary/aromatic N) is 2. The van der Waals surface area contributed by atoms with Gasteiger partial charge in [-0.2, -0.15) is 0 Å². The third-order valence-corrected chi connectivity index (χ3v) is 4.44. The Bertz CT molecular complexity index is 686. The highest BCUT2D eigenvalue weighted by Gasteiger charge is 2.31. The Morgan fingerprint density at radius 3 is 3.25 bits per heavy atom. The lowest BCUT2D eigenvalue weighted by atomic mass is 10.1. The monoisotopic (exact) mass is 307 g/mol. The van der Waals surface area contributed by atoms with Crippen LogP contribution in [0.1, 0.15) is 5.56 Å². The van der Waals surface area contributed by atoms with E-state index < -0.39 is 0 Å². The molecule has 3 aliphatic heterocycles. The van der Waals surface area contributed by atoms with Crippen LogP contribution in [0.4, 0.5) is 5.69 Å². The lowest BCUT2D eigenvalue weighted by molar-refractivity contribution is -0.118. The molecule has 0 aliphatic carbocycles. The summed E-state index contributed by atoms with van der Waals surface area (Å²) in [6, 6.07) is 3.57. The molecule has 1 N–H and O–H groups in total. The number of amides is 1. The first-order valence-corrected chi connectivity index (χ1v) is 7.43. The first-order valence-electron chi connectivity index (χ1n) is 6.18. The van der Waals surface area contributed by atoms with E-state index in [-0.39, 0.29) is 12.5 Å². The second-order valence-electron chi connectivity index (χ2n) is 4.60. The van der Waals surface area contributed by atoms with Crippen molar-refractivity contribution in [3.63, 3.8) is 0 Å². The first kappa shape index (κ1) is 12.1. The number of aliphatic imine (C=N–C) groups is 1. The molecule has 0 radical (unpaired) electrons. The number of hydrogen-bond acceptors (Lipinski definition) is 5. The van der Waals surface area contributed by atoms with E-state index >= 15 is 0 Å². The third kappa shape index (κ3) is 1.79. The molecular formula is C13H10ClN3O2S. The van der Waals surface area contributed by atoms with Gasteiger partial charge in [0.05, 0.1) is 17.9 Å². The predicted octanol–water partition coefficient (Wildman–Crippen LogP) is 2.39. The Labute approximate surface area is 124 Å². The van der Waals surface area contributed by atoms with Gasteiger partial charge in [0.1, 0.15) is 0 Å². The van der Waals surface area contributed by atoms with E-state index in [2.05, 4.69) is 15.2 Å². The van der Waals surface area contributed by atoms with Crippen molar-refractivity contribution in [1.29, 1.82) is 0 Å². The zero-order chi connectivity index (χ0) is 13.7. The van der Waals surface area contributed by atoms with Crippen LogP contribution in [0.2, 0.25) is 5.02 Å². The van der Waals surface area contributed by atoms with Gasteiger partial charge in [0.2, 0.25) is 0 Å². The highest BCUT2D eigenvalue weighted by atomic mass is 35.5. The maximum atomic E-state index is 11.4. The Morgan fingerprint density at radius 1 is 1.45 bits per heavy atom. The fourth-order valence-corrected chi connectivity index (χ4v) is 3.66. The highest BCUT2D eigenvalue weighted by molar-refractivity contribution is 8.16. The van der Waals surface area contributed by atoms with Gasteiger partial charge in [-0.1, -0.05) is 23.4 Å². The molecule has 0 saturated heterocycles. The minimum absolute atomic E-state index is 0.0308. The highest BCUT2D eigenvalue weighted by Crippen LogP contribution is 2.44. The number of amidine groups is 1. The zero-order valence-electron chi connectivity index (χ0n) is 10.4. The van der Waals surface area contributed by atoms with Crippen LogP contribution in [-0.4, -0.2) is 35.7 Å². The van der Waals surface area contributed by atoms with Gasteiger partial charge < -0.3 is 15.0 Å². The average molecular weight is 308 g/mol. The molecule has 0 saturated carbocycles. The molecule has 1 aromatic rings. The summed E-state index contributed by atoms with van der Waals surface area (Å²) < 4.78 is 5.60. The molecule has 0 unspecified atom stereocenters. The molecule has 102 valence electrons. The second kappa shape index (κ2) is 4.43. The number of ether oxygens (including phenoxy) is 1. The molecular weight excluding hydrogens is 298 g/mol. The van der Waals surface area contributed by atoms with Crippen LogP contribution in [0.5, 0.6) is 5.75 Å². The molecule has 4 rings (SSSR count). The number of fused-ring (bicyclic) bond motifs is 2. The third-order valence-electron chi connectivity index (χ3n) is 3.32. The van der Waals surface area contributed by atoms with Gasteiger partial charge in [0.15, 0.2) is 17.5 Å². The summed E-state index contributed by atoms with van der Waals surface area (Å²) >= 11 is 7.76. The number of rotatable bonds is 1. The van der Waals surface area contributed by atoms with E-state index in [1.54, 1.807) is 17.8 Å². The van der Waals surface area contributed by atoms with E-state index in [0.717, 1.165) is 29.5 Å². The molecule has 0 fully saturated rings. The number of nitrogens with one attached hydrogen (secondary N) is 1. The molecule has 1 amide bonds. The Balaban J connectivity index is 1.83. The molecule has 7 heteroatoms. The van der Waals surface area contributed by atoms with E-state index in [9.17, 15) is 4.79 Å². The van der Waals surface area contributed by atoms with Crippen molar-refractivity contribution in [3.05, 3.63) is 28.1 Å². The molecule has 5 nitrogen and oxygen atoms in total. The van der Waals surface area contributed by atoms with Crippen molar-refractivity contribution < 1.29 is 9.53 Å². The minimum atomic E-state index is -0.163. The number of halogens is 1. The summed E-state index contributed by atoms with van der Waals surface area (Å²) in [5.74, 6) is 0.512. The van der Waals surface area contributed by atoms with Crippen LogP contribution in [0.15, 0.2) is 22.5 Å². The first-order chi connectivity index (χ1) is 9.72. The number of carbonyl (C=O) groups excluding carboxylic acids is 1. The van der Waals surface area contributed by atoms with Crippen molar-refractivity contribution in [2.75, 3.05) is 25.0 Å². The number of hydrogen-bond donors (Lipinski definition) is 1. The van der Waals surface area contributed by atoms with Crippen molar-refractivity contribution in [2.24, 2.45) is 4.99 Å². The summed E-state index contributed by atoms with van der Waals surface area (Å²) in [6.45, 7) is 1.70. The molecule has 0 atom stereocenters. The normalized spacial score (nSPS) is 19.9. The van der Waals surface area contributed by atoms with Gasteiger partial charge >= 0.3 is 0 Å². The summed E-state index contributed by atoms with van der Waals surface area (Å²) in [4.78, 5) is 18.0. The Hall–Kier alpha value is -1.66. The number of thioether (sulfide) groups is 1. The fraction of sp³-hybridized carbons (Fsp3) is 0.231. The maximum absolute atomic E-state index is 11.4. The van der Waals surface area contributed by atoms with Gasteiger partial charge in [0.25, 0.3) is 5.91 Å². The van der Waals surface area contributed by atoms with Crippen molar-refractivity contribution in [2.45, 2.75) is 0 Å². The average Bonchev–Trinajstić information content (AvgIpc) is 2.99. The molecule has 3 aliphatic rings. The Kier molecular flexibility index (Phi) is 2.68. The number of carbonyl (C=O) groups is 1. The maximum Gasteiger partial charge on any atom is 0.262 e. The summed E-state index contributed by atoms with van der Waals surface area (Å²) in [7, 11) is 0. The SMILES string of the molecule is O=C1COc2c(cc(Cl)cc2C2=CSC3=NCCN23)N1. The predicted molar refractivity (Wildman–Crippen MR) is 80.2 cm³/mol. The lowest BCUT2D eigenvalue weighted by Gasteiger charge is -2.24. The minimum Gasteiger partial charge on any atom is -0.481 e. The smallest absolute Gasteiger partial charge is 0.262 e. The molecule has 1 aromatic carbocycles. The van der Waals surface area contributed by atoms with Gasteiger partial charge in [0, 0.05) is 22.5 Å². The van der Waals surface area contributed by atoms with Crippen LogP contribution in [0.25, 0.3) is 5.70 Å². The lowest BCUT2D eigenvalue weighted by Crippen LogP contribution is -2.27. The summed E-state index contributed by atoms with van der Waals surface area (Å²) in [5.41, 5.74) is 2.55. The standard InChI is InChI=1S/C13H10ClN3O2S/c14-7-3-8(10-6-20-13-15-1-2-17(10)13)12-9(4-7)16-11(18)5-19-12/h3-4,6H,1-2,5H2,(H,16,18). The van der Waals surface area contributed by atoms with E-state index in [0.29, 0.717) is 16.5 Å². The topological polar surface area (TPSA) is 53.9 Å². The van der Waals surface area contributed by atoms with Gasteiger partial charge in [-0.05, 0) is 12.1 Å². The van der Waals surface area contributed by atoms with Crippen molar-refractivity contribution in [3.8, 4) is 5.75 Å². The zero-order valence-corrected chi connectivity index (χ0v) is 11.9. The quantitative estimate of drug-likeness (QED) is 0.865. The largest absolute Gasteiger partial charge is 0.481 e. The van der Waals surface area contributed by atoms with E-state index in [1.165, 1.54) is 0 Å². The van der Waals surface area contributed by atoms with Gasteiger partial charge in [-0.3, -0.25) is 9.79 Å². The van der Waals surface area contributed by atoms with Gasteiger partial charge in [-0.25, -0.2) is 0 Å². The number of anilines is 1. The molecule has 0 spiro atoms. The molecule has 20 heavy (non-hydrogen) atoms.